The number of para-hydroxylation sites is 2. The number of hydrogen-bond donors (Lipinski definition) is 27. The number of aliphatic hydroxyl groups excluding tert-OH is 1. The second-order valence-corrected chi connectivity index (χ2v) is 29.5. The first kappa shape index (κ1) is 100. The SMILES string of the molecule is CC(=O)O.CC(C)C[C@H](NC(=O)[C@H](C)NC(=O)[C@H](Cc1c[nH]c2ccccc12)NC(=O)[C@H](CCCCN)NC(=O)[C@H](CC(N)=O)NC(=O)[C@H](Cc1c[nH]c2ccccc12)NC(=O)[C@H](CCCCN)NC(=O)[C@H](CCCCN)NC(=O)[C@H](CCCNC(=N)N)NC(=O)[C@@H](N)Cc1ccccc1)C(=O)N[C@@H](CO)C(=O)N[C@@H](CCCNC(=N)N)C(N)=O. The number of hydrogen-bond acceptors (Lipinski definition) is 21. The Morgan fingerprint density at radius 1 is 0.400 bits per heavy atom. The molecule has 3 aromatic carbocycles. The van der Waals surface area contributed by atoms with Gasteiger partial charge in [-0.05, 0) is 158 Å². The molecule has 0 aliphatic carbocycles. The highest BCUT2D eigenvalue weighted by Crippen LogP contribution is 2.22. The second-order valence-electron chi connectivity index (χ2n) is 29.5. The van der Waals surface area contributed by atoms with E-state index in [-0.39, 0.29) is 134 Å². The first-order valence-corrected chi connectivity index (χ1v) is 40.0. The smallest absolute Gasteiger partial charge is 0.300 e. The normalized spacial score (nSPS) is 14.1. The van der Waals surface area contributed by atoms with Crippen LogP contribution in [0.2, 0.25) is 0 Å². The maximum absolute atomic E-state index is 15.1. The molecule has 0 saturated heterocycles. The van der Waals surface area contributed by atoms with E-state index in [0.29, 0.717) is 58.6 Å². The highest BCUT2D eigenvalue weighted by atomic mass is 16.4. The van der Waals surface area contributed by atoms with Crippen LogP contribution >= 0.6 is 0 Å². The monoisotopic (exact) mass is 1680 g/mol. The first-order chi connectivity index (χ1) is 57.1. The summed E-state index contributed by atoms with van der Waals surface area (Å²) < 4.78 is 0. The minimum atomic E-state index is -1.85. The molecule has 0 spiro atoms. The fourth-order valence-corrected chi connectivity index (χ4v) is 12.8. The molecule has 0 aliphatic rings. The Bertz CT molecular complexity index is 4210. The van der Waals surface area contributed by atoms with Crippen molar-refractivity contribution in [3.63, 3.8) is 0 Å². The summed E-state index contributed by atoms with van der Waals surface area (Å²) in [7, 11) is 0. The average molecular weight is 1680 g/mol. The lowest BCUT2D eigenvalue weighted by molar-refractivity contribution is -0.137. The third-order valence-electron chi connectivity index (χ3n) is 19.0. The van der Waals surface area contributed by atoms with Crippen LogP contribution in [0.5, 0.6) is 0 Å². The standard InChI is InChI=1S/C77H119N25O14.C2H4O2/c1-43(2)35-58(72(113)102-62(42-103)75(116)93-53(64(83)105)28-17-33-88-76(84)85)98-65(106)44(3)92-71(112)59(37-46-40-90-51-23-9-7-21-48(46)51)99-70(111)56(27-13-16-32-80)97-74(115)61(39-63(82)104)101-73(114)60(38-47-41-91-52-24-10-8-22-49(47)52)100-69(110)55(26-12-15-31-79)96-67(108)54(25-11-14-30-78)95-68(109)57(29-18-34-89-77(86)87)94-66(107)50(81)36-45-19-5-4-6-20-45;1-2(3)4/h4-10,19-24,40-41,43-44,50,53-62,90-91,103H,11-18,25-39,42,78-81H2,1-3H3,(H2,82,104)(H2,83,105)(H,92,112)(H,93,116)(H,94,107)(H,95,109)(H,96,108)(H,97,115)(H,98,106)(H,99,111)(H,100,110)(H,101,114)(H,102,113)(H4,84,85,88)(H4,86,87,89);1H3,(H,3,4)/t44-,50-,53-,54-,55-,56-,57-,58-,59-,60-,61-,62-;/m0./s1. The Kier molecular flexibility index (Phi) is 44.3. The van der Waals surface area contributed by atoms with Crippen LogP contribution in [0.1, 0.15) is 141 Å². The number of carbonyl (C=O) groups excluding carboxylic acids is 13. The Morgan fingerprint density at radius 2 is 0.733 bits per heavy atom. The first-order valence-electron chi connectivity index (χ1n) is 40.0. The quantitative estimate of drug-likeness (QED) is 0.00996. The number of aliphatic hydroxyl groups is 1. The predicted molar refractivity (Wildman–Crippen MR) is 449 cm³/mol. The molecule has 0 bridgehead atoms. The van der Waals surface area contributed by atoms with E-state index in [0.717, 1.165) is 12.5 Å². The van der Waals surface area contributed by atoms with Crippen molar-refractivity contribution in [3.8, 4) is 0 Å². The third-order valence-corrected chi connectivity index (χ3v) is 19.0. The lowest BCUT2D eigenvalue weighted by Crippen LogP contribution is -2.61. The summed E-state index contributed by atoms with van der Waals surface area (Å²) in [5, 5.41) is 68.1. The Balaban J connectivity index is 0.00000739. The van der Waals surface area contributed by atoms with Crippen molar-refractivity contribution in [3.05, 3.63) is 108 Å². The van der Waals surface area contributed by atoms with Gasteiger partial charge in [-0.3, -0.25) is 77.9 Å². The van der Waals surface area contributed by atoms with E-state index in [4.69, 9.17) is 66.6 Å². The van der Waals surface area contributed by atoms with E-state index in [1.54, 1.807) is 99.0 Å². The number of aromatic nitrogens is 2. The molecule has 0 radical (unpaired) electrons. The number of rotatable bonds is 54. The molecule has 41 heteroatoms. The van der Waals surface area contributed by atoms with E-state index in [9.17, 15) is 57.8 Å². The number of carboxylic acid groups (broad SMARTS) is 1. The number of carbonyl (C=O) groups is 14. The zero-order valence-corrected chi connectivity index (χ0v) is 68.4. The molecule has 2 aromatic heterocycles. The maximum Gasteiger partial charge on any atom is 0.300 e. The molecule has 13 amide bonds. The van der Waals surface area contributed by atoms with Crippen molar-refractivity contribution in [2.75, 3.05) is 39.3 Å². The lowest BCUT2D eigenvalue weighted by atomic mass is 10.0. The molecule has 0 saturated carbocycles. The number of nitrogens with one attached hydrogen (secondary N) is 17. The van der Waals surface area contributed by atoms with Crippen molar-refractivity contribution >= 4 is 116 Å². The zero-order valence-electron chi connectivity index (χ0n) is 68.4. The van der Waals surface area contributed by atoms with Crippen LogP contribution in [0.3, 0.4) is 0 Å². The van der Waals surface area contributed by atoms with Gasteiger partial charge in [0.1, 0.15) is 66.5 Å². The van der Waals surface area contributed by atoms with Gasteiger partial charge >= 0.3 is 0 Å². The van der Waals surface area contributed by atoms with Crippen LogP contribution in [-0.2, 0) is 86.4 Å². The number of benzene rings is 3. The molecule has 41 nitrogen and oxygen atoms in total. The van der Waals surface area contributed by atoms with E-state index >= 15 is 9.59 Å². The number of fused-ring (bicyclic) bond motifs is 2. The van der Waals surface area contributed by atoms with Crippen molar-refractivity contribution in [1.82, 2.24) is 79.1 Å². The zero-order chi connectivity index (χ0) is 89.0. The summed E-state index contributed by atoms with van der Waals surface area (Å²) >= 11 is 0. The van der Waals surface area contributed by atoms with Gasteiger partial charge in [0.2, 0.25) is 76.8 Å². The number of unbranched alkanes of at least 4 members (excludes halogenated alkanes) is 3. The van der Waals surface area contributed by atoms with E-state index in [1.165, 1.54) is 6.92 Å². The van der Waals surface area contributed by atoms with Gasteiger partial charge in [0, 0.05) is 67.1 Å². The van der Waals surface area contributed by atoms with Gasteiger partial charge in [0.15, 0.2) is 11.9 Å². The third kappa shape index (κ3) is 36.3. The fourth-order valence-electron chi connectivity index (χ4n) is 12.8. The van der Waals surface area contributed by atoms with Crippen molar-refractivity contribution in [1.29, 1.82) is 10.8 Å². The molecule has 120 heavy (non-hydrogen) atoms. The summed E-state index contributed by atoms with van der Waals surface area (Å²) in [6.07, 6.45) is 4.23. The van der Waals surface area contributed by atoms with E-state index in [2.05, 4.69) is 79.1 Å². The maximum atomic E-state index is 15.1. The molecular weight excluding hydrogens is 1560 g/mol. The van der Waals surface area contributed by atoms with E-state index in [1.807, 2.05) is 6.07 Å². The summed E-state index contributed by atoms with van der Waals surface area (Å²) in [5.41, 5.74) is 49.3. The summed E-state index contributed by atoms with van der Waals surface area (Å²) in [4.78, 5) is 200. The minimum Gasteiger partial charge on any atom is -0.481 e. The molecule has 0 fully saturated rings. The van der Waals surface area contributed by atoms with Gasteiger partial charge in [-0.1, -0.05) is 80.6 Å². The van der Waals surface area contributed by atoms with Crippen LogP contribution in [0.4, 0.5) is 0 Å². The number of H-pyrrole nitrogens is 2. The van der Waals surface area contributed by atoms with Gasteiger partial charge in [0.05, 0.1) is 19.1 Å². The summed E-state index contributed by atoms with van der Waals surface area (Å²) in [5.74, 6) is -13.7. The number of carboxylic acids is 1. The fraction of sp³-hybridized carbons (Fsp3) is 0.519. The highest BCUT2D eigenvalue weighted by molar-refractivity contribution is 6.01. The Hall–Kier alpha value is -12.3. The minimum absolute atomic E-state index is 0.00826. The van der Waals surface area contributed by atoms with Crippen molar-refractivity contribution in [2.24, 2.45) is 51.8 Å². The molecule has 12 atom stereocenters. The number of primary amides is 2. The van der Waals surface area contributed by atoms with Gasteiger partial charge in [0.25, 0.3) is 5.97 Å². The van der Waals surface area contributed by atoms with E-state index < -0.39 is 168 Å². The van der Waals surface area contributed by atoms with Gasteiger partial charge in [-0.25, -0.2) is 0 Å². The number of guanidine groups is 2. The molecule has 35 N–H and O–H groups in total. The van der Waals surface area contributed by atoms with Crippen LogP contribution in [-0.4, -0.2) is 227 Å². The largest absolute Gasteiger partial charge is 0.481 e. The topological polar surface area (TPSA) is 723 Å². The molecular formula is C79H123N25O16. The van der Waals surface area contributed by atoms with Gasteiger partial charge < -0.3 is 135 Å². The molecule has 0 aliphatic heterocycles. The van der Waals surface area contributed by atoms with Crippen LogP contribution in [0, 0.1) is 16.7 Å². The number of aromatic amines is 2. The van der Waals surface area contributed by atoms with Crippen LogP contribution in [0.25, 0.3) is 21.8 Å². The van der Waals surface area contributed by atoms with Crippen molar-refractivity contribution < 1.29 is 77.3 Å². The van der Waals surface area contributed by atoms with Crippen molar-refractivity contribution in [2.45, 2.75) is 216 Å². The summed E-state index contributed by atoms with van der Waals surface area (Å²) in [6, 6.07) is 5.81. The molecule has 660 valence electrons. The second kappa shape index (κ2) is 53.2. The number of amides is 13. The summed E-state index contributed by atoms with van der Waals surface area (Å²) in [6.45, 7) is 5.83. The molecule has 2 heterocycles. The molecule has 5 aromatic rings. The lowest BCUT2D eigenvalue weighted by Gasteiger charge is -2.28. The molecule has 5 rings (SSSR count). The average Bonchev–Trinajstić information content (AvgIpc) is 1.70. The predicted octanol–water partition coefficient (Wildman–Crippen LogP) is -4.24. The Labute approximate surface area is 695 Å². The molecule has 0 unspecified atom stereocenters. The Morgan fingerprint density at radius 3 is 1.14 bits per heavy atom. The number of aliphatic carboxylic acids is 1. The van der Waals surface area contributed by atoms with Crippen LogP contribution < -0.4 is 115 Å². The van der Waals surface area contributed by atoms with Crippen LogP contribution in [0.15, 0.2) is 91.3 Å². The van der Waals surface area contributed by atoms with Gasteiger partial charge in [-0.15, -0.1) is 0 Å². The van der Waals surface area contributed by atoms with Gasteiger partial charge in [-0.2, -0.15) is 0 Å². The number of nitrogens with two attached hydrogens (primary N) is 8. The highest BCUT2D eigenvalue weighted by Gasteiger charge is 2.38.